The van der Waals surface area contributed by atoms with Gasteiger partial charge in [-0.05, 0) is 12.1 Å². The van der Waals surface area contributed by atoms with E-state index in [9.17, 15) is 9.59 Å². The number of carbonyl (C=O) groups excluding carboxylic acids is 1. The van der Waals surface area contributed by atoms with E-state index < -0.39 is 11.9 Å². The summed E-state index contributed by atoms with van der Waals surface area (Å²) in [5, 5.41) is 19.5. The number of anilines is 1. The number of rotatable bonds is 4. The maximum Gasteiger partial charge on any atom is 0.328 e. The summed E-state index contributed by atoms with van der Waals surface area (Å²) in [6.45, 7) is 0. The summed E-state index contributed by atoms with van der Waals surface area (Å²) in [5.74, 6) is -1.48. The summed E-state index contributed by atoms with van der Waals surface area (Å²) in [6, 6.07) is 6.42. The van der Waals surface area contributed by atoms with Crippen molar-refractivity contribution in [3.63, 3.8) is 0 Å². The van der Waals surface area contributed by atoms with Crippen LogP contribution in [0.25, 0.3) is 0 Å². The Morgan fingerprint density at radius 1 is 1.44 bits per heavy atom. The second-order valence-electron chi connectivity index (χ2n) is 3.19. The highest BCUT2D eigenvalue weighted by Gasteiger charge is 2.06. The van der Waals surface area contributed by atoms with E-state index in [1.807, 2.05) is 6.07 Å². The van der Waals surface area contributed by atoms with Gasteiger partial charge in [0.05, 0.1) is 24.4 Å². The molecule has 1 aromatic rings. The minimum atomic E-state index is -1.21. The van der Waals surface area contributed by atoms with Crippen LogP contribution in [0.4, 0.5) is 5.69 Å². The molecular formula is C12H10N2O4. The standard InChI is InChI=1S/C12H10N2O4/c1-18-10-6-8(7-13)2-3-9(10)14-11(15)4-5-12(16)17/h2-6H,1H3,(H,14,15)(H,16,17)/b5-4+. The number of nitriles is 1. The van der Waals surface area contributed by atoms with Crippen LogP contribution in [0.2, 0.25) is 0 Å². The van der Waals surface area contributed by atoms with Gasteiger partial charge in [-0.3, -0.25) is 4.79 Å². The van der Waals surface area contributed by atoms with E-state index in [2.05, 4.69) is 5.32 Å². The van der Waals surface area contributed by atoms with Crippen LogP contribution < -0.4 is 10.1 Å². The summed E-state index contributed by atoms with van der Waals surface area (Å²) >= 11 is 0. The van der Waals surface area contributed by atoms with Gasteiger partial charge in [-0.25, -0.2) is 4.79 Å². The van der Waals surface area contributed by atoms with Crippen LogP contribution in [0.1, 0.15) is 5.56 Å². The molecule has 0 radical (unpaired) electrons. The molecule has 0 aliphatic heterocycles. The number of hydrogen-bond donors (Lipinski definition) is 2. The first-order chi connectivity index (χ1) is 8.56. The zero-order valence-corrected chi connectivity index (χ0v) is 9.51. The summed E-state index contributed by atoms with van der Waals surface area (Å²) in [5.41, 5.74) is 0.752. The largest absolute Gasteiger partial charge is 0.495 e. The minimum absolute atomic E-state index is 0.325. The second-order valence-corrected chi connectivity index (χ2v) is 3.19. The molecule has 1 aromatic carbocycles. The molecule has 0 bridgehead atoms. The van der Waals surface area contributed by atoms with Crippen molar-refractivity contribution in [2.24, 2.45) is 0 Å². The molecule has 0 spiro atoms. The molecular weight excluding hydrogens is 236 g/mol. The van der Waals surface area contributed by atoms with E-state index in [4.69, 9.17) is 15.1 Å². The van der Waals surface area contributed by atoms with Crippen molar-refractivity contribution in [3.8, 4) is 11.8 Å². The van der Waals surface area contributed by atoms with Gasteiger partial charge in [-0.1, -0.05) is 0 Å². The average molecular weight is 246 g/mol. The Morgan fingerprint density at radius 3 is 2.72 bits per heavy atom. The number of hydrogen-bond acceptors (Lipinski definition) is 4. The lowest BCUT2D eigenvalue weighted by atomic mass is 10.2. The molecule has 2 N–H and O–H groups in total. The lowest BCUT2D eigenvalue weighted by Crippen LogP contribution is -2.09. The van der Waals surface area contributed by atoms with Crippen molar-refractivity contribution in [2.75, 3.05) is 12.4 Å². The van der Waals surface area contributed by atoms with Crippen molar-refractivity contribution >= 4 is 17.6 Å². The number of ether oxygens (including phenoxy) is 1. The molecule has 6 nitrogen and oxygen atoms in total. The van der Waals surface area contributed by atoms with E-state index in [-0.39, 0.29) is 0 Å². The van der Waals surface area contributed by atoms with Crippen molar-refractivity contribution in [1.29, 1.82) is 5.26 Å². The molecule has 6 heteroatoms. The zero-order valence-electron chi connectivity index (χ0n) is 9.51. The normalized spacial score (nSPS) is 9.78. The predicted octanol–water partition coefficient (Wildman–Crippen LogP) is 1.15. The SMILES string of the molecule is COc1cc(C#N)ccc1NC(=O)/C=C/C(=O)O. The number of nitrogens with one attached hydrogen (secondary N) is 1. The molecule has 1 amide bonds. The first-order valence-electron chi connectivity index (χ1n) is 4.87. The third kappa shape index (κ3) is 3.64. The van der Waals surface area contributed by atoms with Gasteiger partial charge in [0.1, 0.15) is 5.75 Å². The van der Waals surface area contributed by atoms with Gasteiger partial charge in [0, 0.05) is 18.2 Å². The molecule has 92 valence electrons. The number of benzene rings is 1. The minimum Gasteiger partial charge on any atom is -0.495 e. The highest BCUT2D eigenvalue weighted by molar-refractivity contribution is 6.03. The summed E-state index contributed by atoms with van der Waals surface area (Å²) in [4.78, 5) is 21.6. The smallest absolute Gasteiger partial charge is 0.328 e. The van der Waals surface area contributed by atoms with Crippen LogP contribution in [-0.4, -0.2) is 24.1 Å². The maximum absolute atomic E-state index is 11.4. The third-order valence-electron chi connectivity index (χ3n) is 1.97. The number of carboxylic acids is 1. The fraction of sp³-hybridized carbons (Fsp3) is 0.0833. The molecule has 18 heavy (non-hydrogen) atoms. The number of carboxylic acid groups (broad SMARTS) is 1. The van der Waals surface area contributed by atoms with E-state index in [1.165, 1.54) is 25.3 Å². The molecule has 0 aromatic heterocycles. The van der Waals surface area contributed by atoms with Crippen LogP contribution in [-0.2, 0) is 9.59 Å². The van der Waals surface area contributed by atoms with Crippen molar-refractivity contribution in [2.45, 2.75) is 0 Å². The Balaban J connectivity index is 2.88. The Bertz CT molecular complexity index is 543. The Hall–Kier alpha value is -2.81. The molecule has 0 heterocycles. The van der Waals surface area contributed by atoms with Gasteiger partial charge in [0.25, 0.3) is 0 Å². The first kappa shape index (κ1) is 13.3. The fourth-order valence-corrected chi connectivity index (χ4v) is 1.19. The quantitative estimate of drug-likeness (QED) is 0.776. The molecule has 0 aliphatic carbocycles. The molecule has 0 fully saturated rings. The predicted molar refractivity (Wildman–Crippen MR) is 63.1 cm³/mol. The number of carbonyl (C=O) groups is 2. The second kappa shape index (κ2) is 6.06. The summed E-state index contributed by atoms with van der Waals surface area (Å²) in [6.07, 6.45) is 1.62. The maximum atomic E-state index is 11.4. The number of aliphatic carboxylic acids is 1. The van der Waals surface area contributed by atoms with Gasteiger partial charge in [-0.2, -0.15) is 5.26 Å². The van der Waals surface area contributed by atoms with Crippen LogP contribution in [0, 0.1) is 11.3 Å². The number of methoxy groups -OCH3 is 1. The summed E-state index contributed by atoms with van der Waals surface area (Å²) in [7, 11) is 1.40. The first-order valence-corrected chi connectivity index (χ1v) is 4.87. The highest BCUT2D eigenvalue weighted by Crippen LogP contribution is 2.25. The van der Waals surface area contributed by atoms with Gasteiger partial charge >= 0.3 is 5.97 Å². The van der Waals surface area contributed by atoms with Gasteiger partial charge in [-0.15, -0.1) is 0 Å². The number of amides is 1. The van der Waals surface area contributed by atoms with Crippen molar-refractivity contribution in [1.82, 2.24) is 0 Å². The highest BCUT2D eigenvalue weighted by atomic mass is 16.5. The van der Waals surface area contributed by atoms with E-state index >= 15 is 0 Å². The van der Waals surface area contributed by atoms with Crippen molar-refractivity contribution < 1.29 is 19.4 Å². The van der Waals surface area contributed by atoms with E-state index in [1.54, 1.807) is 0 Å². The number of nitrogens with zero attached hydrogens (tertiary/aromatic N) is 1. The van der Waals surface area contributed by atoms with E-state index in [0.29, 0.717) is 17.0 Å². The van der Waals surface area contributed by atoms with Crippen molar-refractivity contribution in [3.05, 3.63) is 35.9 Å². The molecule has 0 saturated carbocycles. The zero-order chi connectivity index (χ0) is 13.5. The summed E-state index contributed by atoms with van der Waals surface area (Å²) < 4.78 is 5.01. The van der Waals surface area contributed by atoms with Gasteiger partial charge in [0.2, 0.25) is 5.91 Å². The molecule has 0 unspecified atom stereocenters. The monoisotopic (exact) mass is 246 g/mol. The molecule has 0 aliphatic rings. The van der Waals surface area contributed by atoms with E-state index in [0.717, 1.165) is 12.2 Å². The third-order valence-corrected chi connectivity index (χ3v) is 1.97. The lowest BCUT2D eigenvalue weighted by molar-refractivity contribution is -0.131. The van der Waals surface area contributed by atoms with Crippen LogP contribution in [0.15, 0.2) is 30.4 Å². The Labute approximate surface area is 103 Å². The van der Waals surface area contributed by atoms with Crippen LogP contribution in [0.3, 0.4) is 0 Å². The Kier molecular flexibility index (Phi) is 4.46. The fourth-order valence-electron chi connectivity index (χ4n) is 1.19. The molecule has 0 atom stereocenters. The van der Waals surface area contributed by atoms with Gasteiger partial charge < -0.3 is 15.2 Å². The molecule has 0 saturated heterocycles. The lowest BCUT2D eigenvalue weighted by Gasteiger charge is -2.08. The van der Waals surface area contributed by atoms with Gasteiger partial charge in [0.15, 0.2) is 0 Å². The Morgan fingerprint density at radius 2 is 2.17 bits per heavy atom. The van der Waals surface area contributed by atoms with Crippen LogP contribution in [0.5, 0.6) is 5.75 Å². The van der Waals surface area contributed by atoms with Crippen LogP contribution >= 0.6 is 0 Å². The topological polar surface area (TPSA) is 99.4 Å². The average Bonchev–Trinajstić information content (AvgIpc) is 2.36. The molecule has 1 rings (SSSR count).